The summed E-state index contributed by atoms with van der Waals surface area (Å²) in [7, 11) is 4.57. The summed E-state index contributed by atoms with van der Waals surface area (Å²) >= 11 is 0. The summed E-state index contributed by atoms with van der Waals surface area (Å²) < 4.78 is 21.8. The number of Topliss-reactive ketones (excluding diaryl/α,β-unsaturated/α-hetero) is 1. The third kappa shape index (κ3) is 7.94. The number of aliphatic hydroxyl groups is 1. The molecule has 0 heterocycles. The summed E-state index contributed by atoms with van der Waals surface area (Å²) in [5.74, 6) is 2.00. The number of carbonyl (C=O) groups is 1. The van der Waals surface area contributed by atoms with Gasteiger partial charge in [-0.15, -0.1) is 0 Å². The number of nitrogens with one attached hydrogen (secondary N) is 1. The van der Waals surface area contributed by atoms with E-state index < -0.39 is 6.10 Å². The van der Waals surface area contributed by atoms with Crippen LogP contribution in [0.15, 0.2) is 36.4 Å². The Labute approximate surface area is 197 Å². The predicted molar refractivity (Wildman–Crippen MR) is 129 cm³/mol. The van der Waals surface area contributed by atoms with Gasteiger partial charge in [0, 0.05) is 24.1 Å². The van der Waals surface area contributed by atoms with Crippen LogP contribution in [-0.2, 0) is 6.42 Å². The standard InChI is InChI=1S/C26H37NO6/c1-7-26(2,3)27-16-20(28)17-33-21-10-8-9-18(13-21)11-12-22(29)19-14-23(30-4)25(32-6)24(15-19)31-5/h8-10,13-15,20,27-28H,7,11-12,16-17H2,1-6H3. The summed E-state index contributed by atoms with van der Waals surface area (Å²) in [5, 5.41) is 13.5. The van der Waals surface area contributed by atoms with Crippen molar-refractivity contribution in [1.29, 1.82) is 0 Å². The van der Waals surface area contributed by atoms with Gasteiger partial charge in [0.05, 0.1) is 21.3 Å². The average molecular weight is 460 g/mol. The Bertz CT molecular complexity index is 886. The van der Waals surface area contributed by atoms with Gasteiger partial charge in [-0.1, -0.05) is 19.1 Å². The van der Waals surface area contributed by atoms with Crippen molar-refractivity contribution >= 4 is 5.78 Å². The van der Waals surface area contributed by atoms with Crippen LogP contribution in [0.1, 0.15) is 49.5 Å². The third-order valence-corrected chi connectivity index (χ3v) is 5.67. The minimum absolute atomic E-state index is 0.0225. The van der Waals surface area contributed by atoms with Gasteiger partial charge in [0.1, 0.15) is 18.5 Å². The number of methoxy groups -OCH3 is 3. The van der Waals surface area contributed by atoms with Crippen LogP contribution in [0.4, 0.5) is 0 Å². The molecule has 0 aliphatic rings. The number of hydrogen-bond acceptors (Lipinski definition) is 7. The number of carbonyl (C=O) groups excluding carboxylic acids is 1. The van der Waals surface area contributed by atoms with Gasteiger partial charge >= 0.3 is 0 Å². The van der Waals surface area contributed by atoms with Gasteiger partial charge in [0.25, 0.3) is 0 Å². The summed E-state index contributed by atoms with van der Waals surface area (Å²) in [6.07, 6.45) is 1.24. The highest BCUT2D eigenvalue weighted by molar-refractivity contribution is 5.97. The van der Waals surface area contributed by atoms with E-state index in [1.54, 1.807) is 12.1 Å². The maximum absolute atomic E-state index is 12.8. The fraction of sp³-hybridized carbons (Fsp3) is 0.500. The zero-order valence-electron chi connectivity index (χ0n) is 20.6. The minimum Gasteiger partial charge on any atom is -0.493 e. The van der Waals surface area contributed by atoms with Gasteiger partial charge in [-0.3, -0.25) is 4.79 Å². The van der Waals surface area contributed by atoms with Crippen molar-refractivity contribution in [3.05, 3.63) is 47.5 Å². The number of ketones is 1. The topological polar surface area (TPSA) is 86.2 Å². The molecular formula is C26H37NO6. The van der Waals surface area contributed by atoms with E-state index in [9.17, 15) is 9.90 Å². The lowest BCUT2D eigenvalue weighted by Crippen LogP contribution is -2.44. The monoisotopic (exact) mass is 459 g/mol. The van der Waals surface area contributed by atoms with Crippen molar-refractivity contribution in [1.82, 2.24) is 5.32 Å². The Hall–Kier alpha value is -2.77. The molecule has 0 aliphatic carbocycles. The molecule has 0 saturated heterocycles. The Morgan fingerprint density at radius 3 is 2.30 bits per heavy atom. The van der Waals surface area contributed by atoms with Crippen molar-refractivity contribution in [2.24, 2.45) is 0 Å². The number of aryl methyl sites for hydroxylation is 1. The van der Waals surface area contributed by atoms with Crippen LogP contribution in [-0.4, -0.2) is 57.0 Å². The first-order chi connectivity index (χ1) is 15.7. The molecule has 1 unspecified atom stereocenters. The Morgan fingerprint density at radius 2 is 1.73 bits per heavy atom. The van der Waals surface area contributed by atoms with E-state index in [1.807, 2.05) is 24.3 Å². The SMILES string of the molecule is CCC(C)(C)NCC(O)COc1cccc(CCC(=O)c2cc(OC)c(OC)c(OC)c2)c1. The predicted octanol–water partition coefficient (Wildman–Crippen LogP) is 4.05. The molecule has 33 heavy (non-hydrogen) atoms. The molecule has 1 atom stereocenters. The minimum atomic E-state index is -0.610. The van der Waals surface area contributed by atoms with Crippen molar-refractivity contribution < 1.29 is 28.8 Å². The van der Waals surface area contributed by atoms with Crippen LogP contribution < -0.4 is 24.3 Å². The molecule has 0 aliphatic heterocycles. The molecule has 7 heteroatoms. The molecule has 0 amide bonds. The summed E-state index contributed by atoms with van der Waals surface area (Å²) in [6.45, 7) is 6.96. The van der Waals surface area contributed by atoms with Gasteiger partial charge in [0.15, 0.2) is 17.3 Å². The Balaban J connectivity index is 1.95. The van der Waals surface area contributed by atoms with Crippen molar-refractivity contribution in [3.8, 4) is 23.0 Å². The molecule has 2 rings (SSSR count). The number of β-amino-alcohol motifs (C(OH)–C–C–N with tert-alkyl or cyclic N) is 1. The van der Waals surface area contributed by atoms with E-state index in [-0.39, 0.29) is 17.9 Å². The van der Waals surface area contributed by atoms with E-state index in [0.29, 0.717) is 47.9 Å². The molecule has 182 valence electrons. The first-order valence-electron chi connectivity index (χ1n) is 11.2. The van der Waals surface area contributed by atoms with Crippen molar-refractivity contribution in [3.63, 3.8) is 0 Å². The first kappa shape index (κ1) is 26.5. The number of benzene rings is 2. The lowest BCUT2D eigenvalue weighted by molar-refractivity contribution is 0.0980. The molecule has 0 fully saturated rings. The maximum Gasteiger partial charge on any atom is 0.203 e. The molecule has 0 spiro atoms. The van der Waals surface area contributed by atoms with Gasteiger partial charge in [-0.25, -0.2) is 0 Å². The van der Waals surface area contributed by atoms with Crippen LogP contribution in [0.2, 0.25) is 0 Å². The second-order valence-electron chi connectivity index (χ2n) is 8.57. The van der Waals surface area contributed by atoms with Crippen LogP contribution in [0.3, 0.4) is 0 Å². The quantitative estimate of drug-likeness (QED) is 0.412. The molecule has 0 aromatic heterocycles. The summed E-state index contributed by atoms with van der Waals surface area (Å²) in [6, 6.07) is 10.9. The van der Waals surface area contributed by atoms with E-state index in [0.717, 1.165) is 12.0 Å². The lowest BCUT2D eigenvalue weighted by Gasteiger charge is -2.26. The van der Waals surface area contributed by atoms with Crippen LogP contribution in [0, 0.1) is 0 Å². The summed E-state index contributed by atoms with van der Waals surface area (Å²) in [4.78, 5) is 12.8. The largest absolute Gasteiger partial charge is 0.493 e. The van der Waals surface area contributed by atoms with Crippen LogP contribution in [0.25, 0.3) is 0 Å². The van der Waals surface area contributed by atoms with Gasteiger partial charge in [-0.2, -0.15) is 0 Å². The van der Waals surface area contributed by atoms with Gasteiger partial charge in [0.2, 0.25) is 5.75 Å². The normalized spacial score (nSPS) is 12.2. The third-order valence-electron chi connectivity index (χ3n) is 5.67. The fourth-order valence-electron chi connectivity index (χ4n) is 3.21. The van der Waals surface area contributed by atoms with Crippen molar-refractivity contribution in [2.75, 3.05) is 34.5 Å². The fourth-order valence-corrected chi connectivity index (χ4v) is 3.21. The van der Waals surface area contributed by atoms with E-state index in [2.05, 4.69) is 26.1 Å². The molecule has 2 aromatic carbocycles. The Morgan fingerprint density at radius 1 is 1.06 bits per heavy atom. The zero-order chi connectivity index (χ0) is 24.4. The maximum atomic E-state index is 12.8. The molecule has 2 aromatic rings. The highest BCUT2D eigenvalue weighted by atomic mass is 16.5. The average Bonchev–Trinajstić information content (AvgIpc) is 2.83. The van der Waals surface area contributed by atoms with E-state index in [4.69, 9.17) is 18.9 Å². The highest BCUT2D eigenvalue weighted by Gasteiger charge is 2.18. The lowest BCUT2D eigenvalue weighted by atomic mass is 10.0. The first-order valence-corrected chi connectivity index (χ1v) is 11.2. The van der Waals surface area contributed by atoms with Crippen LogP contribution >= 0.6 is 0 Å². The number of ether oxygens (including phenoxy) is 4. The number of aliphatic hydroxyl groups excluding tert-OH is 1. The summed E-state index contributed by atoms with van der Waals surface area (Å²) in [5.41, 5.74) is 1.46. The smallest absolute Gasteiger partial charge is 0.203 e. The molecule has 2 N–H and O–H groups in total. The molecule has 0 bridgehead atoms. The number of rotatable bonds is 14. The van der Waals surface area contributed by atoms with Gasteiger partial charge in [-0.05, 0) is 56.5 Å². The molecular weight excluding hydrogens is 422 g/mol. The van der Waals surface area contributed by atoms with E-state index in [1.165, 1.54) is 21.3 Å². The molecule has 0 saturated carbocycles. The van der Waals surface area contributed by atoms with Crippen LogP contribution in [0.5, 0.6) is 23.0 Å². The van der Waals surface area contributed by atoms with Crippen molar-refractivity contribution in [2.45, 2.75) is 51.7 Å². The van der Waals surface area contributed by atoms with E-state index >= 15 is 0 Å². The van der Waals surface area contributed by atoms with Gasteiger partial charge < -0.3 is 29.4 Å². The molecule has 7 nitrogen and oxygen atoms in total. The Kier molecular flexibility index (Phi) is 10.0. The second kappa shape index (κ2) is 12.5. The second-order valence-corrected chi connectivity index (χ2v) is 8.57. The highest BCUT2D eigenvalue weighted by Crippen LogP contribution is 2.38. The zero-order valence-corrected chi connectivity index (χ0v) is 20.6. The molecule has 0 radical (unpaired) electrons. The number of hydrogen-bond donors (Lipinski definition) is 2.